The molecule has 21 heavy (non-hydrogen) atoms. The fourth-order valence-electron chi connectivity index (χ4n) is 2.13. The van der Waals surface area contributed by atoms with Crippen LogP contribution in [0.5, 0.6) is 0 Å². The molecule has 2 aromatic rings. The van der Waals surface area contributed by atoms with Gasteiger partial charge in [0.25, 0.3) is 0 Å². The van der Waals surface area contributed by atoms with Crippen molar-refractivity contribution in [3.63, 3.8) is 0 Å². The molecule has 0 aliphatic carbocycles. The zero-order valence-corrected chi connectivity index (χ0v) is 14.7. The molecule has 1 aromatic carbocycles. The van der Waals surface area contributed by atoms with Crippen LogP contribution in [0.2, 0.25) is 0 Å². The Kier molecular flexibility index (Phi) is 5.17. The van der Waals surface area contributed by atoms with Gasteiger partial charge in [0.15, 0.2) is 0 Å². The predicted molar refractivity (Wildman–Crippen MR) is 89.0 cm³/mol. The molecule has 1 unspecified atom stereocenters. The van der Waals surface area contributed by atoms with Crippen LogP contribution in [0.3, 0.4) is 0 Å². The molecule has 0 bridgehead atoms. The summed E-state index contributed by atoms with van der Waals surface area (Å²) in [4.78, 5) is 0. The van der Waals surface area contributed by atoms with E-state index in [1.54, 1.807) is 0 Å². The fraction of sp³-hybridized carbons (Fsp3) is 0.500. The number of hydrogen-bond donors (Lipinski definition) is 1. The normalized spacial score (nSPS) is 13.4. The monoisotopic (exact) mass is 350 g/mol. The van der Waals surface area contributed by atoms with Crippen molar-refractivity contribution in [1.82, 2.24) is 20.3 Å². The van der Waals surface area contributed by atoms with E-state index in [9.17, 15) is 0 Å². The largest absolute Gasteiger partial charge is 0.304 e. The Balaban J connectivity index is 2.00. The van der Waals surface area contributed by atoms with Crippen molar-refractivity contribution in [1.29, 1.82) is 0 Å². The van der Waals surface area contributed by atoms with Crippen molar-refractivity contribution in [3.8, 4) is 0 Å². The second-order valence-electron chi connectivity index (χ2n) is 6.22. The standard InChI is InChI=1S/C16H23BrN4/c1-5-15(12-6-8-13(17)9-7-12)18-10-14-11-21(20-19-14)16(2,3)4/h6-9,11,15,18H,5,10H2,1-4H3. The van der Waals surface area contributed by atoms with Gasteiger partial charge < -0.3 is 5.32 Å². The van der Waals surface area contributed by atoms with Crippen LogP contribution in [0, 0.1) is 0 Å². The first kappa shape index (κ1) is 16.2. The van der Waals surface area contributed by atoms with Gasteiger partial charge in [-0.25, -0.2) is 4.68 Å². The summed E-state index contributed by atoms with van der Waals surface area (Å²) < 4.78 is 3.01. The molecule has 5 heteroatoms. The summed E-state index contributed by atoms with van der Waals surface area (Å²) in [5.41, 5.74) is 2.24. The molecule has 2 rings (SSSR count). The predicted octanol–water partition coefficient (Wildman–Crippen LogP) is 4.04. The topological polar surface area (TPSA) is 42.7 Å². The van der Waals surface area contributed by atoms with Crippen LogP contribution in [0.25, 0.3) is 0 Å². The van der Waals surface area contributed by atoms with Gasteiger partial charge >= 0.3 is 0 Å². The molecule has 0 aliphatic rings. The average molecular weight is 351 g/mol. The van der Waals surface area contributed by atoms with Crippen LogP contribution in [0.4, 0.5) is 0 Å². The molecule has 1 atom stereocenters. The van der Waals surface area contributed by atoms with Crippen molar-refractivity contribution in [2.24, 2.45) is 0 Å². The summed E-state index contributed by atoms with van der Waals surface area (Å²) >= 11 is 3.47. The van der Waals surface area contributed by atoms with E-state index in [2.05, 4.69) is 83.5 Å². The van der Waals surface area contributed by atoms with Crippen LogP contribution < -0.4 is 5.32 Å². The van der Waals surface area contributed by atoms with Gasteiger partial charge in [-0.3, -0.25) is 0 Å². The first-order valence-corrected chi connectivity index (χ1v) is 8.10. The number of aromatic nitrogens is 3. The zero-order chi connectivity index (χ0) is 15.5. The lowest BCUT2D eigenvalue weighted by Crippen LogP contribution is -2.22. The second-order valence-corrected chi connectivity index (χ2v) is 7.13. The maximum absolute atomic E-state index is 4.24. The molecule has 0 radical (unpaired) electrons. The van der Waals surface area contributed by atoms with Crippen LogP contribution in [0.1, 0.15) is 51.4 Å². The molecule has 0 aliphatic heterocycles. The summed E-state index contributed by atoms with van der Waals surface area (Å²) in [5.74, 6) is 0. The third-order valence-electron chi connectivity index (χ3n) is 3.44. The van der Waals surface area contributed by atoms with Gasteiger partial charge in [0, 0.05) is 17.1 Å². The molecule has 1 N–H and O–H groups in total. The van der Waals surface area contributed by atoms with Crippen LogP contribution in [0.15, 0.2) is 34.9 Å². The van der Waals surface area contributed by atoms with Crippen molar-refractivity contribution < 1.29 is 0 Å². The van der Waals surface area contributed by atoms with Crippen LogP contribution >= 0.6 is 15.9 Å². The van der Waals surface area contributed by atoms with E-state index in [4.69, 9.17) is 0 Å². The highest BCUT2D eigenvalue weighted by atomic mass is 79.9. The van der Waals surface area contributed by atoms with Gasteiger partial charge in [0.05, 0.1) is 17.4 Å². The zero-order valence-electron chi connectivity index (χ0n) is 13.1. The lowest BCUT2D eigenvalue weighted by atomic mass is 10.0. The first-order valence-electron chi connectivity index (χ1n) is 7.30. The van der Waals surface area contributed by atoms with Gasteiger partial charge in [-0.2, -0.15) is 0 Å². The van der Waals surface area contributed by atoms with Gasteiger partial charge in [0.1, 0.15) is 0 Å². The molecule has 4 nitrogen and oxygen atoms in total. The molecule has 0 spiro atoms. The SMILES string of the molecule is CCC(NCc1cn(C(C)(C)C)nn1)c1ccc(Br)cc1. The second kappa shape index (κ2) is 6.71. The minimum absolute atomic E-state index is 0.0267. The van der Waals surface area contributed by atoms with Crippen molar-refractivity contribution in [3.05, 3.63) is 46.2 Å². The summed E-state index contributed by atoms with van der Waals surface area (Å²) in [7, 11) is 0. The lowest BCUT2D eigenvalue weighted by Gasteiger charge is -2.18. The smallest absolute Gasteiger partial charge is 0.0965 e. The molecule has 0 saturated carbocycles. The summed E-state index contributed by atoms with van der Waals surface area (Å²) in [6.07, 6.45) is 3.05. The van der Waals surface area contributed by atoms with E-state index in [0.29, 0.717) is 6.04 Å². The third kappa shape index (κ3) is 4.38. The Bertz CT molecular complexity index is 569. The minimum Gasteiger partial charge on any atom is -0.304 e. The van der Waals surface area contributed by atoms with Gasteiger partial charge in [-0.15, -0.1) is 5.10 Å². The van der Waals surface area contributed by atoms with E-state index in [1.807, 2.05) is 10.9 Å². The highest BCUT2D eigenvalue weighted by Crippen LogP contribution is 2.20. The van der Waals surface area contributed by atoms with E-state index in [0.717, 1.165) is 23.1 Å². The number of nitrogens with zero attached hydrogens (tertiary/aromatic N) is 3. The third-order valence-corrected chi connectivity index (χ3v) is 3.97. The fourth-order valence-corrected chi connectivity index (χ4v) is 2.39. The maximum Gasteiger partial charge on any atom is 0.0965 e. The first-order chi connectivity index (χ1) is 9.90. The summed E-state index contributed by atoms with van der Waals surface area (Å²) in [6.45, 7) is 9.27. The van der Waals surface area contributed by atoms with Crippen molar-refractivity contribution in [2.45, 2.75) is 52.2 Å². The van der Waals surface area contributed by atoms with E-state index < -0.39 is 0 Å². The van der Waals surface area contributed by atoms with Gasteiger partial charge in [0.2, 0.25) is 0 Å². The Labute approximate surface area is 135 Å². The van der Waals surface area contributed by atoms with Crippen molar-refractivity contribution >= 4 is 15.9 Å². The Morgan fingerprint density at radius 1 is 1.24 bits per heavy atom. The number of benzene rings is 1. The Hall–Kier alpha value is -1.20. The number of rotatable bonds is 5. The minimum atomic E-state index is -0.0267. The van der Waals surface area contributed by atoms with Gasteiger partial charge in [-0.1, -0.05) is 40.2 Å². The van der Waals surface area contributed by atoms with Gasteiger partial charge in [-0.05, 0) is 44.9 Å². The highest BCUT2D eigenvalue weighted by molar-refractivity contribution is 9.10. The molecule has 1 aromatic heterocycles. The molecule has 1 heterocycles. The Morgan fingerprint density at radius 3 is 2.43 bits per heavy atom. The molecule has 0 saturated heterocycles. The number of halogens is 1. The lowest BCUT2D eigenvalue weighted by molar-refractivity contribution is 0.346. The van der Waals surface area contributed by atoms with E-state index in [-0.39, 0.29) is 5.54 Å². The molecular weight excluding hydrogens is 328 g/mol. The van der Waals surface area contributed by atoms with Crippen LogP contribution in [-0.4, -0.2) is 15.0 Å². The maximum atomic E-state index is 4.24. The van der Waals surface area contributed by atoms with E-state index >= 15 is 0 Å². The average Bonchev–Trinajstić information content (AvgIpc) is 2.90. The van der Waals surface area contributed by atoms with E-state index in [1.165, 1.54) is 5.56 Å². The molecular formula is C16H23BrN4. The molecule has 0 amide bonds. The summed E-state index contributed by atoms with van der Waals surface area (Å²) in [6, 6.07) is 8.79. The highest BCUT2D eigenvalue weighted by Gasteiger charge is 2.15. The molecule has 114 valence electrons. The van der Waals surface area contributed by atoms with Crippen LogP contribution in [-0.2, 0) is 12.1 Å². The number of nitrogens with one attached hydrogen (secondary N) is 1. The summed E-state index contributed by atoms with van der Waals surface area (Å²) in [5, 5.41) is 12.0. The Morgan fingerprint density at radius 2 is 1.90 bits per heavy atom. The number of hydrogen-bond acceptors (Lipinski definition) is 3. The molecule has 0 fully saturated rings. The van der Waals surface area contributed by atoms with Crippen molar-refractivity contribution in [2.75, 3.05) is 0 Å². The quantitative estimate of drug-likeness (QED) is 0.884.